The van der Waals surface area contributed by atoms with Crippen molar-refractivity contribution in [1.82, 2.24) is 5.32 Å². The highest BCUT2D eigenvalue weighted by atomic mass is 35.5. The van der Waals surface area contributed by atoms with E-state index in [1.165, 1.54) is 0 Å². The molecule has 18 heavy (non-hydrogen) atoms. The van der Waals surface area contributed by atoms with Crippen LogP contribution in [-0.2, 0) is 11.3 Å². The SMILES string of the molecule is CC(Oc1ccc(Cl)cc1CN)C(=O)NC1CC1. The van der Waals surface area contributed by atoms with Gasteiger partial charge in [-0.1, -0.05) is 11.6 Å². The summed E-state index contributed by atoms with van der Waals surface area (Å²) in [6.45, 7) is 2.06. The molecule has 0 heterocycles. The molecule has 5 heteroatoms. The van der Waals surface area contributed by atoms with Crippen LogP contribution in [0.4, 0.5) is 0 Å². The molecule has 1 aliphatic rings. The lowest BCUT2D eigenvalue weighted by Crippen LogP contribution is -2.37. The molecule has 2 rings (SSSR count). The van der Waals surface area contributed by atoms with Crippen LogP contribution in [0.1, 0.15) is 25.3 Å². The minimum Gasteiger partial charge on any atom is -0.481 e. The van der Waals surface area contributed by atoms with Crippen LogP contribution in [0.25, 0.3) is 0 Å². The van der Waals surface area contributed by atoms with E-state index in [-0.39, 0.29) is 5.91 Å². The van der Waals surface area contributed by atoms with Crippen molar-refractivity contribution in [1.29, 1.82) is 0 Å². The number of hydrogen-bond donors (Lipinski definition) is 2. The van der Waals surface area contributed by atoms with Crippen molar-refractivity contribution in [3.63, 3.8) is 0 Å². The lowest BCUT2D eigenvalue weighted by molar-refractivity contribution is -0.127. The maximum atomic E-state index is 11.8. The Kier molecular flexibility index (Phi) is 4.09. The Balaban J connectivity index is 2.00. The van der Waals surface area contributed by atoms with Crippen molar-refractivity contribution in [2.24, 2.45) is 5.73 Å². The summed E-state index contributed by atoms with van der Waals surface area (Å²) in [4.78, 5) is 11.8. The first-order valence-electron chi connectivity index (χ1n) is 6.05. The molecule has 1 saturated carbocycles. The average Bonchev–Trinajstić information content (AvgIpc) is 3.15. The number of hydrogen-bond acceptors (Lipinski definition) is 3. The van der Waals surface area contributed by atoms with Gasteiger partial charge in [0.05, 0.1) is 0 Å². The fourth-order valence-electron chi connectivity index (χ4n) is 1.61. The van der Waals surface area contributed by atoms with Gasteiger partial charge in [-0.25, -0.2) is 0 Å². The zero-order valence-corrected chi connectivity index (χ0v) is 11.0. The average molecular weight is 269 g/mol. The molecule has 0 bridgehead atoms. The second-order valence-electron chi connectivity index (χ2n) is 4.50. The van der Waals surface area contributed by atoms with Crippen molar-refractivity contribution in [2.45, 2.75) is 38.5 Å². The van der Waals surface area contributed by atoms with Crippen LogP contribution < -0.4 is 15.8 Å². The van der Waals surface area contributed by atoms with E-state index in [1.54, 1.807) is 25.1 Å². The van der Waals surface area contributed by atoms with Gasteiger partial charge in [0, 0.05) is 23.2 Å². The second kappa shape index (κ2) is 5.59. The van der Waals surface area contributed by atoms with Crippen LogP contribution in [0.3, 0.4) is 0 Å². The number of rotatable bonds is 5. The van der Waals surface area contributed by atoms with Crippen molar-refractivity contribution < 1.29 is 9.53 Å². The molecule has 98 valence electrons. The van der Waals surface area contributed by atoms with Gasteiger partial charge in [0.1, 0.15) is 5.75 Å². The van der Waals surface area contributed by atoms with Crippen LogP contribution in [0.5, 0.6) is 5.75 Å². The second-order valence-corrected chi connectivity index (χ2v) is 4.94. The van der Waals surface area contributed by atoms with E-state index >= 15 is 0 Å². The number of nitrogens with two attached hydrogens (primary N) is 1. The molecule has 1 aromatic carbocycles. The van der Waals surface area contributed by atoms with E-state index in [4.69, 9.17) is 22.1 Å². The first-order valence-corrected chi connectivity index (χ1v) is 6.43. The lowest BCUT2D eigenvalue weighted by atomic mass is 10.2. The highest BCUT2D eigenvalue weighted by Gasteiger charge is 2.26. The monoisotopic (exact) mass is 268 g/mol. The zero-order valence-electron chi connectivity index (χ0n) is 10.3. The molecule has 0 saturated heterocycles. The molecule has 0 aliphatic heterocycles. The molecule has 0 radical (unpaired) electrons. The molecule has 1 atom stereocenters. The number of carbonyl (C=O) groups is 1. The predicted molar refractivity (Wildman–Crippen MR) is 70.6 cm³/mol. The Morgan fingerprint density at radius 3 is 2.94 bits per heavy atom. The Morgan fingerprint density at radius 1 is 1.61 bits per heavy atom. The summed E-state index contributed by atoms with van der Waals surface area (Å²) >= 11 is 5.88. The maximum Gasteiger partial charge on any atom is 0.260 e. The van der Waals surface area contributed by atoms with E-state index in [0.29, 0.717) is 23.4 Å². The molecule has 1 aromatic rings. The Bertz CT molecular complexity index is 447. The number of nitrogens with one attached hydrogen (secondary N) is 1. The summed E-state index contributed by atoms with van der Waals surface area (Å²) in [5.41, 5.74) is 6.42. The van der Waals surface area contributed by atoms with Crippen molar-refractivity contribution in [2.75, 3.05) is 0 Å². The molecule has 0 aromatic heterocycles. The quantitative estimate of drug-likeness (QED) is 0.857. The normalized spacial score (nSPS) is 16.2. The third-order valence-electron chi connectivity index (χ3n) is 2.84. The molecule has 1 fully saturated rings. The number of carbonyl (C=O) groups excluding carboxylic acids is 1. The summed E-state index contributed by atoms with van der Waals surface area (Å²) in [6, 6.07) is 5.55. The van der Waals surface area contributed by atoms with Gasteiger partial charge in [0.2, 0.25) is 0 Å². The van der Waals surface area contributed by atoms with E-state index in [9.17, 15) is 4.79 Å². The molecule has 1 unspecified atom stereocenters. The first kappa shape index (κ1) is 13.2. The van der Waals surface area contributed by atoms with Crippen LogP contribution >= 0.6 is 11.6 Å². The maximum absolute atomic E-state index is 11.8. The first-order chi connectivity index (χ1) is 8.60. The minimum atomic E-state index is -0.530. The highest BCUT2D eigenvalue weighted by molar-refractivity contribution is 6.30. The number of amides is 1. The zero-order chi connectivity index (χ0) is 13.1. The van der Waals surface area contributed by atoms with E-state index < -0.39 is 6.10 Å². The van der Waals surface area contributed by atoms with E-state index in [2.05, 4.69) is 5.32 Å². The van der Waals surface area contributed by atoms with Gasteiger partial charge >= 0.3 is 0 Å². The van der Waals surface area contributed by atoms with Gasteiger partial charge in [-0.3, -0.25) is 4.79 Å². The Morgan fingerprint density at radius 2 is 2.33 bits per heavy atom. The van der Waals surface area contributed by atoms with Gasteiger partial charge < -0.3 is 15.8 Å². The number of benzene rings is 1. The Hall–Kier alpha value is -1.26. The van der Waals surface area contributed by atoms with Gasteiger partial charge in [0.25, 0.3) is 5.91 Å². The summed E-state index contributed by atoms with van der Waals surface area (Å²) in [6.07, 6.45) is 1.60. The molecule has 1 aliphatic carbocycles. The molecule has 0 spiro atoms. The van der Waals surface area contributed by atoms with Gasteiger partial charge in [-0.15, -0.1) is 0 Å². The van der Waals surface area contributed by atoms with E-state index in [0.717, 1.165) is 18.4 Å². The van der Waals surface area contributed by atoms with E-state index in [1.807, 2.05) is 0 Å². The van der Waals surface area contributed by atoms with Gasteiger partial charge in [-0.05, 0) is 38.0 Å². The van der Waals surface area contributed by atoms with Crippen molar-refractivity contribution in [3.8, 4) is 5.75 Å². The summed E-state index contributed by atoms with van der Waals surface area (Å²) < 4.78 is 5.63. The topological polar surface area (TPSA) is 64.3 Å². The molecular weight excluding hydrogens is 252 g/mol. The fourth-order valence-corrected chi connectivity index (χ4v) is 1.81. The number of halogens is 1. The molecule has 4 nitrogen and oxygen atoms in total. The third-order valence-corrected chi connectivity index (χ3v) is 3.07. The van der Waals surface area contributed by atoms with Crippen molar-refractivity contribution in [3.05, 3.63) is 28.8 Å². The number of ether oxygens (including phenoxy) is 1. The summed E-state index contributed by atoms with van der Waals surface area (Å²) in [5.74, 6) is 0.524. The lowest BCUT2D eigenvalue weighted by Gasteiger charge is -2.16. The molecular formula is C13H17ClN2O2. The standard InChI is InChI=1S/C13H17ClN2O2/c1-8(13(17)16-11-3-4-11)18-12-5-2-10(14)6-9(12)7-15/h2,5-6,8,11H,3-4,7,15H2,1H3,(H,16,17). The molecule has 3 N–H and O–H groups in total. The predicted octanol–water partition coefficient (Wildman–Crippen LogP) is 1.84. The smallest absolute Gasteiger partial charge is 0.260 e. The van der Waals surface area contributed by atoms with Gasteiger partial charge in [0.15, 0.2) is 6.10 Å². The highest BCUT2D eigenvalue weighted by Crippen LogP contribution is 2.24. The summed E-state index contributed by atoms with van der Waals surface area (Å²) in [5, 5.41) is 3.51. The largest absolute Gasteiger partial charge is 0.481 e. The van der Waals surface area contributed by atoms with Crippen LogP contribution in [0.15, 0.2) is 18.2 Å². The Labute approximate surface area is 111 Å². The fraction of sp³-hybridized carbons (Fsp3) is 0.462. The molecule has 1 amide bonds. The third kappa shape index (κ3) is 3.37. The van der Waals surface area contributed by atoms with Crippen LogP contribution in [0.2, 0.25) is 5.02 Å². The van der Waals surface area contributed by atoms with Gasteiger partial charge in [-0.2, -0.15) is 0 Å². The van der Waals surface area contributed by atoms with Crippen molar-refractivity contribution >= 4 is 17.5 Å². The summed E-state index contributed by atoms with van der Waals surface area (Å²) in [7, 11) is 0. The minimum absolute atomic E-state index is 0.0876. The van der Waals surface area contributed by atoms with Crippen LogP contribution in [0, 0.1) is 0 Å². The van der Waals surface area contributed by atoms with Crippen LogP contribution in [-0.4, -0.2) is 18.1 Å².